The van der Waals surface area contributed by atoms with Gasteiger partial charge >= 0.3 is 0 Å². The highest BCUT2D eigenvalue weighted by Crippen LogP contribution is 2.45. The third-order valence-corrected chi connectivity index (χ3v) is 8.53. The molecule has 0 unspecified atom stereocenters. The Balaban J connectivity index is 1.45. The first kappa shape index (κ1) is 24.6. The minimum atomic E-state index is 0.924. The van der Waals surface area contributed by atoms with Crippen molar-refractivity contribution in [3.05, 3.63) is 158 Å². The summed E-state index contributed by atoms with van der Waals surface area (Å²) < 4.78 is 4.59. The van der Waals surface area contributed by atoms with Crippen molar-refractivity contribution in [1.82, 2.24) is 19.1 Å². The second kappa shape index (κ2) is 9.79. The van der Waals surface area contributed by atoms with Gasteiger partial charge in [-0.1, -0.05) is 109 Å². The zero-order valence-electron chi connectivity index (χ0n) is 23.8. The van der Waals surface area contributed by atoms with Gasteiger partial charge in [-0.25, -0.2) is 9.97 Å². The lowest BCUT2D eigenvalue weighted by atomic mass is 9.90. The summed E-state index contributed by atoms with van der Waals surface area (Å²) in [4.78, 5) is 10.6. The first-order valence-electron chi connectivity index (χ1n) is 14.9. The fourth-order valence-electron chi connectivity index (χ4n) is 6.67. The molecule has 206 valence electrons. The molecule has 0 aliphatic rings. The van der Waals surface area contributed by atoms with Crippen LogP contribution in [0.15, 0.2) is 158 Å². The first-order chi connectivity index (χ1) is 21.9. The number of aromatic nitrogens is 4. The maximum atomic E-state index is 5.30. The molecule has 7 aromatic carbocycles. The van der Waals surface area contributed by atoms with Crippen molar-refractivity contribution in [2.75, 3.05) is 0 Å². The fraction of sp³-hybridized carbons (Fsp3) is 0. The quantitative estimate of drug-likeness (QED) is 0.200. The zero-order chi connectivity index (χ0) is 29.0. The summed E-state index contributed by atoms with van der Waals surface area (Å²) in [5, 5.41) is 4.56. The molecule has 2 aromatic heterocycles. The molecule has 0 N–H and O–H groups in total. The summed E-state index contributed by atoms with van der Waals surface area (Å²) in [6, 6.07) is 55.2. The van der Waals surface area contributed by atoms with Crippen molar-refractivity contribution in [2.24, 2.45) is 0 Å². The molecule has 0 aliphatic heterocycles. The van der Waals surface area contributed by atoms with Crippen molar-refractivity contribution in [3.63, 3.8) is 0 Å². The van der Waals surface area contributed by atoms with E-state index in [0.29, 0.717) is 0 Å². The van der Waals surface area contributed by atoms with Crippen LogP contribution in [-0.2, 0) is 0 Å². The molecule has 44 heavy (non-hydrogen) atoms. The van der Waals surface area contributed by atoms with E-state index in [1.54, 1.807) is 0 Å². The van der Waals surface area contributed by atoms with Crippen molar-refractivity contribution in [2.45, 2.75) is 0 Å². The summed E-state index contributed by atoms with van der Waals surface area (Å²) >= 11 is 0. The van der Waals surface area contributed by atoms with Gasteiger partial charge in [-0.2, -0.15) is 0 Å². The van der Waals surface area contributed by atoms with Gasteiger partial charge in [0.05, 0.1) is 22.1 Å². The van der Waals surface area contributed by atoms with Crippen molar-refractivity contribution < 1.29 is 0 Å². The number of hydrogen-bond acceptors (Lipinski definition) is 2. The lowest BCUT2D eigenvalue weighted by Gasteiger charge is -2.19. The van der Waals surface area contributed by atoms with Crippen LogP contribution in [0.25, 0.3) is 77.8 Å². The molecule has 0 aliphatic carbocycles. The third-order valence-electron chi connectivity index (χ3n) is 8.53. The van der Waals surface area contributed by atoms with Gasteiger partial charge in [0, 0.05) is 22.5 Å². The SMILES string of the molecule is c1ccc(-n2c(-c3c4ccccc4c(-c4nc5ccccc5n4-c4ccccc4)c4ccccc34)nc3ccccc32)cc1. The molecule has 4 heteroatoms. The van der Waals surface area contributed by atoms with Gasteiger partial charge in [0.25, 0.3) is 0 Å². The Morgan fingerprint density at radius 3 is 1.02 bits per heavy atom. The molecule has 0 spiro atoms. The molecule has 4 nitrogen and oxygen atoms in total. The highest BCUT2D eigenvalue weighted by Gasteiger charge is 2.24. The molecule has 0 bridgehead atoms. The summed E-state index contributed by atoms with van der Waals surface area (Å²) in [6.07, 6.45) is 0. The average Bonchev–Trinajstić information content (AvgIpc) is 3.66. The average molecular weight is 563 g/mol. The highest BCUT2D eigenvalue weighted by molar-refractivity contribution is 6.21. The van der Waals surface area contributed by atoms with Gasteiger partial charge in [0.15, 0.2) is 0 Å². The number of hydrogen-bond donors (Lipinski definition) is 0. The Hall–Kier alpha value is -6.00. The van der Waals surface area contributed by atoms with Crippen LogP contribution in [0.4, 0.5) is 0 Å². The summed E-state index contributed by atoms with van der Waals surface area (Å²) in [7, 11) is 0. The Kier molecular flexibility index (Phi) is 5.47. The molecular weight excluding hydrogens is 536 g/mol. The van der Waals surface area contributed by atoms with Crippen molar-refractivity contribution >= 4 is 43.6 Å². The molecule has 0 amide bonds. The Morgan fingerprint density at radius 1 is 0.318 bits per heavy atom. The second-order valence-corrected chi connectivity index (χ2v) is 11.0. The van der Waals surface area contributed by atoms with Gasteiger partial charge in [-0.3, -0.25) is 9.13 Å². The van der Waals surface area contributed by atoms with Crippen LogP contribution in [0.1, 0.15) is 0 Å². The minimum Gasteiger partial charge on any atom is -0.292 e. The molecule has 0 saturated heterocycles. The van der Waals surface area contributed by atoms with Crippen LogP contribution >= 0.6 is 0 Å². The van der Waals surface area contributed by atoms with E-state index >= 15 is 0 Å². The number of rotatable bonds is 4. The molecule has 0 fully saturated rings. The van der Waals surface area contributed by atoms with Crippen molar-refractivity contribution in [3.8, 4) is 34.2 Å². The summed E-state index contributed by atoms with van der Waals surface area (Å²) in [5.74, 6) is 1.85. The van der Waals surface area contributed by atoms with Crippen LogP contribution in [0, 0.1) is 0 Å². The predicted octanol–water partition coefficient (Wildman–Crippen LogP) is 10.0. The molecule has 9 rings (SSSR count). The van der Waals surface area contributed by atoms with E-state index in [0.717, 1.165) is 77.8 Å². The lowest BCUT2D eigenvalue weighted by Crippen LogP contribution is -2.01. The van der Waals surface area contributed by atoms with Gasteiger partial charge in [0.2, 0.25) is 0 Å². The third kappa shape index (κ3) is 3.64. The molecule has 0 saturated carbocycles. The van der Waals surface area contributed by atoms with Crippen molar-refractivity contribution in [1.29, 1.82) is 0 Å². The van der Waals surface area contributed by atoms with Gasteiger partial charge < -0.3 is 0 Å². The van der Waals surface area contributed by atoms with E-state index in [4.69, 9.17) is 9.97 Å². The van der Waals surface area contributed by atoms with E-state index in [1.165, 1.54) is 0 Å². The first-order valence-corrected chi connectivity index (χ1v) is 14.9. The number of para-hydroxylation sites is 6. The minimum absolute atomic E-state index is 0.924. The molecule has 2 heterocycles. The maximum Gasteiger partial charge on any atom is 0.146 e. The molecule has 9 aromatic rings. The molecule has 0 atom stereocenters. The van der Waals surface area contributed by atoms with E-state index in [-0.39, 0.29) is 0 Å². The van der Waals surface area contributed by atoms with Gasteiger partial charge in [0.1, 0.15) is 11.6 Å². The normalized spacial score (nSPS) is 11.6. The predicted molar refractivity (Wildman–Crippen MR) is 182 cm³/mol. The highest BCUT2D eigenvalue weighted by atomic mass is 15.1. The lowest BCUT2D eigenvalue weighted by molar-refractivity contribution is 1.10. The van der Waals surface area contributed by atoms with E-state index in [9.17, 15) is 0 Å². The number of imidazole rings is 2. The second-order valence-electron chi connectivity index (χ2n) is 11.0. The van der Waals surface area contributed by atoms with E-state index < -0.39 is 0 Å². The monoisotopic (exact) mass is 562 g/mol. The number of nitrogens with zero attached hydrogens (tertiary/aromatic N) is 4. The number of fused-ring (bicyclic) bond motifs is 4. The summed E-state index contributed by atoms with van der Waals surface area (Å²) in [6.45, 7) is 0. The van der Waals surface area contributed by atoms with Crippen LogP contribution < -0.4 is 0 Å². The Morgan fingerprint density at radius 2 is 0.636 bits per heavy atom. The summed E-state index contributed by atoms with van der Waals surface area (Å²) in [5.41, 5.74) is 8.49. The Bertz CT molecular complexity index is 2260. The van der Waals surface area contributed by atoms with E-state index in [2.05, 4.69) is 167 Å². The molecular formula is C40H26N4. The van der Waals surface area contributed by atoms with Gasteiger partial charge in [-0.05, 0) is 70.1 Å². The van der Waals surface area contributed by atoms with Crippen LogP contribution in [-0.4, -0.2) is 19.1 Å². The van der Waals surface area contributed by atoms with Crippen LogP contribution in [0.5, 0.6) is 0 Å². The van der Waals surface area contributed by atoms with Gasteiger partial charge in [-0.15, -0.1) is 0 Å². The largest absolute Gasteiger partial charge is 0.292 e. The smallest absolute Gasteiger partial charge is 0.146 e. The number of benzene rings is 7. The van der Waals surface area contributed by atoms with Crippen LogP contribution in [0.2, 0.25) is 0 Å². The fourth-order valence-corrected chi connectivity index (χ4v) is 6.67. The topological polar surface area (TPSA) is 35.6 Å². The zero-order valence-corrected chi connectivity index (χ0v) is 23.8. The van der Waals surface area contributed by atoms with E-state index in [1.807, 2.05) is 0 Å². The maximum absolute atomic E-state index is 5.30. The Labute approximate surface area is 254 Å². The molecule has 0 radical (unpaired) electrons. The van der Waals surface area contributed by atoms with Crippen LogP contribution in [0.3, 0.4) is 0 Å². The standard InChI is InChI=1S/C40H26N4/c1-3-15-27(16-4-1)43-35-25-13-11-23-33(35)41-39(43)37-29-19-7-9-21-31(29)38(32-22-10-8-20-30(32)37)40-42-34-24-12-14-26-36(34)44(40)28-17-5-2-6-18-28/h1-26H.